The molecule has 0 aromatic heterocycles. The molecule has 0 amide bonds. The van der Waals surface area contributed by atoms with Crippen LogP contribution in [0, 0.1) is 11.8 Å². The summed E-state index contributed by atoms with van der Waals surface area (Å²) >= 11 is 0. The summed E-state index contributed by atoms with van der Waals surface area (Å²) in [6.45, 7) is 1.60. The van der Waals surface area contributed by atoms with Crippen LogP contribution in [0.15, 0.2) is 0 Å². The van der Waals surface area contributed by atoms with Crippen molar-refractivity contribution in [2.75, 3.05) is 5.75 Å². The van der Waals surface area contributed by atoms with E-state index >= 15 is 0 Å². The van der Waals surface area contributed by atoms with Crippen LogP contribution in [0.4, 0.5) is 0 Å². The van der Waals surface area contributed by atoms with Crippen molar-refractivity contribution in [2.45, 2.75) is 6.92 Å². The van der Waals surface area contributed by atoms with Gasteiger partial charge in [0.2, 0.25) is 0 Å². The number of hydrogen-bond acceptors (Lipinski definition) is 4. The Morgan fingerprint density at radius 2 is 1.89 bits per heavy atom. The van der Waals surface area contributed by atoms with E-state index in [2.05, 4.69) is 11.8 Å². The molecule has 0 aromatic carbocycles. The largest absolute Gasteiger partial charge is 1.00 e. The molecule has 0 aliphatic rings. The maximum absolute atomic E-state index is 9.66. The SMILES string of the molecule is CC#CC[S-](=O)=O.[Na+].[OH-]. The molecule has 0 saturated heterocycles. The van der Waals surface area contributed by atoms with E-state index in [4.69, 9.17) is 0 Å². The molecule has 5 heteroatoms. The van der Waals surface area contributed by atoms with Crippen LogP contribution in [0.5, 0.6) is 0 Å². The Labute approximate surface area is 78.4 Å². The molecular formula is C4H6NaO3S-. The topological polar surface area (TPSA) is 64.1 Å². The van der Waals surface area contributed by atoms with Crippen molar-refractivity contribution in [2.24, 2.45) is 0 Å². The summed E-state index contributed by atoms with van der Waals surface area (Å²) < 4.78 is 19.3. The molecule has 0 saturated carbocycles. The first-order valence-corrected chi connectivity index (χ1v) is 2.97. The summed E-state index contributed by atoms with van der Waals surface area (Å²) in [5.74, 6) is 4.80. The van der Waals surface area contributed by atoms with E-state index in [1.54, 1.807) is 6.92 Å². The van der Waals surface area contributed by atoms with E-state index in [1.807, 2.05) is 0 Å². The van der Waals surface area contributed by atoms with Crippen molar-refractivity contribution >= 4 is 10.7 Å². The van der Waals surface area contributed by atoms with Gasteiger partial charge in [0.05, 0.1) is 0 Å². The second kappa shape index (κ2) is 11.3. The fourth-order valence-corrected chi connectivity index (χ4v) is 0.393. The molecule has 0 radical (unpaired) electrons. The molecule has 0 fully saturated rings. The Morgan fingerprint density at radius 1 is 1.44 bits per heavy atom. The average Bonchev–Trinajstić information content (AvgIpc) is 1.61. The Hall–Kier alpha value is 0.470. The van der Waals surface area contributed by atoms with Crippen LogP contribution in [0.2, 0.25) is 0 Å². The summed E-state index contributed by atoms with van der Waals surface area (Å²) in [7, 11) is -1.99. The van der Waals surface area contributed by atoms with E-state index in [9.17, 15) is 8.42 Å². The fourth-order valence-electron chi connectivity index (χ4n) is 0.131. The van der Waals surface area contributed by atoms with Crippen molar-refractivity contribution in [3.05, 3.63) is 0 Å². The van der Waals surface area contributed by atoms with Crippen molar-refractivity contribution in [3.8, 4) is 11.8 Å². The predicted molar refractivity (Wildman–Crippen MR) is 29.0 cm³/mol. The standard InChI is InChI=1S/C4H5O2S.Na.H2O/c1-2-3-4-7(5)6;;/h4H2,1H3;;1H2/q-1;+1;/p-1. The van der Waals surface area contributed by atoms with Gasteiger partial charge in [-0.1, -0.05) is 10.7 Å². The van der Waals surface area contributed by atoms with Gasteiger partial charge in [0.25, 0.3) is 0 Å². The molecule has 0 heterocycles. The molecular weight excluding hydrogens is 151 g/mol. The van der Waals surface area contributed by atoms with Crippen molar-refractivity contribution in [3.63, 3.8) is 0 Å². The second-order valence-corrected chi connectivity index (χ2v) is 1.77. The Balaban J connectivity index is -0.000000180. The molecule has 0 spiro atoms. The van der Waals surface area contributed by atoms with Gasteiger partial charge in [0, 0.05) is 0 Å². The molecule has 3 nitrogen and oxygen atoms in total. The first-order valence-electron chi connectivity index (χ1n) is 1.73. The van der Waals surface area contributed by atoms with E-state index < -0.39 is 10.7 Å². The minimum atomic E-state index is -1.99. The normalized spacial score (nSPS) is 6.00. The summed E-state index contributed by atoms with van der Waals surface area (Å²) in [5, 5.41) is 0. The van der Waals surface area contributed by atoms with Crippen molar-refractivity contribution in [1.82, 2.24) is 0 Å². The third kappa shape index (κ3) is 17.7. The zero-order chi connectivity index (χ0) is 5.70. The molecule has 0 aliphatic heterocycles. The van der Waals surface area contributed by atoms with Crippen LogP contribution in [0.25, 0.3) is 0 Å². The van der Waals surface area contributed by atoms with Gasteiger partial charge in [-0.25, -0.2) is 0 Å². The van der Waals surface area contributed by atoms with E-state index in [0.717, 1.165) is 0 Å². The Morgan fingerprint density at radius 3 is 2.00 bits per heavy atom. The van der Waals surface area contributed by atoms with Crippen LogP contribution < -0.4 is 29.6 Å². The van der Waals surface area contributed by atoms with Gasteiger partial charge < -0.3 is 13.9 Å². The monoisotopic (exact) mass is 157 g/mol. The molecule has 1 N–H and O–H groups in total. The summed E-state index contributed by atoms with van der Waals surface area (Å²) in [6, 6.07) is 0. The van der Waals surface area contributed by atoms with Gasteiger partial charge in [-0.3, -0.25) is 0 Å². The van der Waals surface area contributed by atoms with Gasteiger partial charge in [-0.05, 0) is 12.7 Å². The predicted octanol–water partition coefficient (Wildman–Crippen LogP) is -2.85. The zero-order valence-corrected chi connectivity index (χ0v) is 8.20. The molecule has 0 aliphatic carbocycles. The Kier molecular flexibility index (Phi) is 20.4. The maximum Gasteiger partial charge on any atom is 1.00 e. The zero-order valence-electron chi connectivity index (χ0n) is 5.38. The quantitative estimate of drug-likeness (QED) is 0.234. The Bertz CT molecular complexity index is 156. The van der Waals surface area contributed by atoms with Gasteiger partial charge in [0.1, 0.15) is 0 Å². The number of rotatable bonds is 1. The molecule has 48 valence electrons. The molecule has 0 rings (SSSR count). The summed E-state index contributed by atoms with van der Waals surface area (Å²) in [4.78, 5) is 0. The van der Waals surface area contributed by atoms with Crippen LogP contribution in [-0.4, -0.2) is 11.2 Å². The smallest absolute Gasteiger partial charge is 0.870 e. The van der Waals surface area contributed by atoms with E-state index in [-0.39, 0.29) is 40.8 Å². The van der Waals surface area contributed by atoms with Gasteiger partial charge >= 0.3 is 29.6 Å². The van der Waals surface area contributed by atoms with Crippen molar-refractivity contribution in [1.29, 1.82) is 0 Å². The summed E-state index contributed by atoms with van der Waals surface area (Å²) in [5.41, 5.74) is 0. The minimum absolute atomic E-state index is 0. The third-order valence-corrected chi connectivity index (χ3v) is 0.747. The van der Waals surface area contributed by atoms with Crippen LogP contribution >= 0.6 is 0 Å². The van der Waals surface area contributed by atoms with E-state index in [1.165, 1.54) is 0 Å². The van der Waals surface area contributed by atoms with Gasteiger partial charge in [-0.2, -0.15) is 0 Å². The first-order chi connectivity index (χ1) is 3.27. The average molecular weight is 157 g/mol. The fraction of sp³-hybridized carbons (Fsp3) is 0.500. The molecule has 0 unspecified atom stereocenters. The molecule has 0 bridgehead atoms. The summed E-state index contributed by atoms with van der Waals surface area (Å²) in [6.07, 6.45) is 0. The molecule has 0 aromatic rings. The number of hydrogen-bond donors (Lipinski definition) is 0. The first kappa shape index (κ1) is 16.2. The third-order valence-electron chi connectivity index (χ3n) is 0.367. The van der Waals surface area contributed by atoms with E-state index in [0.29, 0.717) is 0 Å². The van der Waals surface area contributed by atoms with Crippen LogP contribution in [0.3, 0.4) is 0 Å². The van der Waals surface area contributed by atoms with Crippen LogP contribution in [0.1, 0.15) is 6.92 Å². The molecule has 0 atom stereocenters. The van der Waals surface area contributed by atoms with Crippen LogP contribution in [-0.2, 0) is 19.1 Å². The van der Waals surface area contributed by atoms with Gasteiger partial charge in [-0.15, -0.1) is 11.8 Å². The van der Waals surface area contributed by atoms with Gasteiger partial charge in [0.15, 0.2) is 0 Å². The van der Waals surface area contributed by atoms with Crippen molar-refractivity contribution < 1.29 is 43.5 Å². The second-order valence-electron chi connectivity index (χ2n) is 0.875. The molecule has 9 heavy (non-hydrogen) atoms. The minimum Gasteiger partial charge on any atom is -0.870 e. The maximum atomic E-state index is 9.66.